The molecule has 0 radical (unpaired) electrons. The van der Waals surface area contributed by atoms with E-state index in [-0.39, 0.29) is 42.3 Å². The molecule has 2 aromatic carbocycles. The Labute approximate surface area is 169 Å². The molecule has 0 unspecified atom stereocenters. The second-order valence-electron chi connectivity index (χ2n) is 6.86. The summed E-state index contributed by atoms with van der Waals surface area (Å²) < 4.78 is 89.4. The number of nitrogens with zero attached hydrogens (tertiary/aromatic N) is 2. The molecule has 0 aromatic heterocycles. The fraction of sp³-hybridized carbons (Fsp3) is 0.316. The van der Waals surface area contributed by atoms with Crippen LogP contribution in [-0.4, -0.2) is 51.7 Å². The molecule has 0 bridgehead atoms. The molecule has 2 aromatic rings. The number of halogens is 5. The Morgan fingerprint density at radius 1 is 0.933 bits per heavy atom. The van der Waals surface area contributed by atoms with Crippen molar-refractivity contribution in [2.24, 2.45) is 0 Å². The highest BCUT2D eigenvalue weighted by Crippen LogP contribution is 2.32. The maximum absolute atomic E-state index is 14.3. The average molecular weight is 448 g/mol. The minimum Gasteiger partial charge on any atom is -0.366 e. The number of carbonyl (C=O) groups excluding carboxylic acids is 1. The van der Waals surface area contributed by atoms with Gasteiger partial charge in [-0.3, -0.25) is 4.79 Å². The summed E-state index contributed by atoms with van der Waals surface area (Å²) in [6, 6.07) is 5.26. The molecule has 5 nitrogen and oxygen atoms in total. The molecule has 1 amide bonds. The Morgan fingerprint density at radius 3 is 2.07 bits per heavy atom. The van der Waals surface area contributed by atoms with Gasteiger partial charge in [-0.1, -0.05) is 0 Å². The zero-order chi connectivity index (χ0) is 22.3. The molecule has 0 aliphatic carbocycles. The van der Waals surface area contributed by atoms with Gasteiger partial charge in [0, 0.05) is 32.4 Å². The highest BCUT2D eigenvalue weighted by atomic mass is 32.2. The normalized spacial score (nSPS) is 15.4. The van der Waals surface area contributed by atoms with Gasteiger partial charge in [0.2, 0.25) is 0 Å². The number of amides is 1. The molecule has 1 aliphatic heterocycles. The van der Waals surface area contributed by atoms with Crippen LogP contribution in [0, 0.1) is 11.6 Å². The van der Waals surface area contributed by atoms with E-state index in [0.29, 0.717) is 6.07 Å². The molecular weight excluding hydrogens is 431 g/mol. The number of sulfone groups is 1. The van der Waals surface area contributed by atoms with E-state index < -0.39 is 39.1 Å². The first-order valence-corrected chi connectivity index (χ1v) is 10.7. The summed E-state index contributed by atoms with van der Waals surface area (Å²) in [5.41, 5.74) is -1.40. The van der Waals surface area contributed by atoms with Gasteiger partial charge in [-0.05, 0) is 36.4 Å². The van der Waals surface area contributed by atoms with Crippen molar-refractivity contribution < 1.29 is 35.2 Å². The summed E-state index contributed by atoms with van der Waals surface area (Å²) in [4.78, 5) is 15.1. The first kappa shape index (κ1) is 22.0. The smallest absolute Gasteiger partial charge is 0.366 e. The fourth-order valence-electron chi connectivity index (χ4n) is 3.16. The Kier molecular flexibility index (Phi) is 5.76. The first-order valence-electron chi connectivity index (χ1n) is 8.78. The van der Waals surface area contributed by atoms with E-state index in [4.69, 9.17) is 0 Å². The lowest BCUT2D eigenvalue weighted by Crippen LogP contribution is -2.49. The molecule has 1 fully saturated rings. The third kappa shape index (κ3) is 4.55. The molecule has 0 atom stereocenters. The largest absolute Gasteiger partial charge is 0.416 e. The minimum absolute atomic E-state index is 0.0150. The van der Waals surface area contributed by atoms with E-state index in [1.807, 2.05) is 0 Å². The number of rotatable bonds is 3. The van der Waals surface area contributed by atoms with Crippen molar-refractivity contribution >= 4 is 21.4 Å². The van der Waals surface area contributed by atoms with Gasteiger partial charge < -0.3 is 9.80 Å². The third-order valence-corrected chi connectivity index (χ3v) is 5.89. The molecule has 0 spiro atoms. The Morgan fingerprint density at radius 2 is 1.57 bits per heavy atom. The lowest BCUT2D eigenvalue weighted by atomic mass is 10.1. The topological polar surface area (TPSA) is 57.7 Å². The Hall–Kier alpha value is -2.69. The van der Waals surface area contributed by atoms with Crippen LogP contribution in [0.2, 0.25) is 0 Å². The quantitative estimate of drug-likeness (QED) is 0.676. The van der Waals surface area contributed by atoms with Gasteiger partial charge in [-0.2, -0.15) is 13.2 Å². The molecule has 30 heavy (non-hydrogen) atoms. The lowest BCUT2D eigenvalue weighted by molar-refractivity contribution is -0.137. The molecule has 3 rings (SSSR count). The monoisotopic (exact) mass is 448 g/mol. The summed E-state index contributed by atoms with van der Waals surface area (Å²) >= 11 is 0. The molecule has 0 saturated carbocycles. The maximum Gasteiger partial charge on any atom is 0.416 e. The van der Waals surface area contributed by atoms with E-state index in [1.54, 1.807) is 0 Å². The third-order valence-electron chi connectivity index (χ3n) is 4.78. The molecule has 1 aliphatic rings. The Bertz CT molecular complexity index is 1080. The first-order chi connectivity index (χ1) is 13.9. The number of hydrogen-bond donors (Lipinski definition) is 0. The van der Waals surface area contributed by atoms with Crippen molar-refractivity contribution in [3.8, 4) is 0 Å². The SMILES string of the molecule is CS(=O)(=O)c1ccc(C(=O)N2CCN(c3ccc(C(F)(F)F)cc3F)CC2)c(F)c1. The van der Waals surface area contributed by atoms with Crippen molar-refractivity contribution in [3.63, 3.8) is 0 Å². The summed E-state index contributed by atoms with van der Waals surface area (Å²) in [6.07, 6.45) is -3.73. The fourth-order valence-corrected chi connectivity index (χ4v) is 3.79. The number of carbonyl (C=O) groups is 1. The minimum atomic E-state index is -4.65. The average Bonchev–Trinajstić information content (AvgIpc) is 2.66. The van der Waals surface area contributed by atoms with Crippen molar-refractivity contribution in [1.29, 1.82) is 0 Å². The van der Waals surface area contributed by atoms with E-state index in [0.717, 1.165) is 36.6 Å². The lowest BCUT2D eigenvalue weighted by Gasteiger charge is -2.36. The van der Waals surface area contributed by atoms with Crippen LogP contribution in [0.3, 0.4) is 0 Å². The van der Waals surface area contributed by atoms with Gasteiger partial charge in [0.25, 0.3) is 5.91 Å². The standard InChI is InChI=1S/C19H17F5N2O3S/c1-30(28,29)13-3-4-14(15(20)11-13)18(27)26-8-6-25(7-9-26)17-5-2-12(10-16(17)21)19(22,23)24/h2-5,10-11H,6-9H2,1H3. The van der Waals surface area contributed by atoms with E-state index >= 15 is 0 Å². The zero-order valence-electron chi connectivity index (χ0n) is 15.7. The van der Waals surface area contributed by atoms with Gasteiger partial charge >= 0.3 is 6.18 Å². The van der Waals surface area contributed by atoms with Crippen LogP contribution >= 0.6 is 0 Å². The summed E-state index contributed by atoms with van der Waals surface area (Å²) in [6.45, 7) is 0.452. The van der Waals surface area contributed by atoms with Crippen molar-refractivity contribution in [1.82, 2.24) is 4.90 Å². The predicted molar refractivity (Wildman–Crippen MR) is 99.0 cm³/mol. The van der Waals surface area contributed by atoms with Crippen LogP contribution in [0.4, 0.5) is 27.6 Å². The number of hydrogen-bond acceptors (Lipinski definition) is 4. The molecule has 162 valence electrons. The van der Waals surface area contributed by atoms with E-state index in [1.165, 1.54) is 9.80 Å². The number of alkyl halides is 3. The van der Waals surface area contributed by atoms with Crippen LogP contribution in [0.5, 0.6) is 0 Å². The molecule has 1 heterocycles. The molecular formula is C19H17F5N2O3S. The number of piperazine rings is 1. The number of anilines is 1. The molecule has 0 N–H and O–H groups in total. The van der Waals surface area contributed by atoms with Gasteiger partial charge in [-0.15, -0.1) is 0 Å². The Balaban J connectivity index is 1.71. The number of benzene rings is 2. The van der Waals surface area contributed by atoms with Crippen LogP contribution in [-0.2, 0) is 16.0 Å². The van der Waals surface area contributed by atoms with Crippen LogP contribution in [0.1, 0.15) is 15.9 Å². The van der Waals surface area contributed by atoms with Crippen LogP contribution in [0.15, 0.2) is 41.3 Å². The van der Waals surface area contributed by atoms with Crippen molar-refractivity contribution in [2.75, 3.05) is 37.3 Å². The second-order valence-corrected chi connectivity index (χ2v) is 8.87. The van der Waals surface area contributed by atoms with E-state index in [2.05, 4.69) is 0 Å². The zero-order valence-corrected chi connectivity index (χ0v) is 16.5. The predicted octanol–water partition coefficient (Wildman–Crippen LogP) is 3.35. The molecule has 1 saturated heterocycles. The summed E-state index contributed by atoms with van der Waals surface area (Å²) in [5.74, 6) is -2.65. The second kappa shape index (κ2) is 7.86. The highest BCUT2D eigenvalue weighted by Gasteiger charge is 2.32. The van der Waals surface area contributed by atoms with Crippen LogP contribution in [0.25, 0.3) is 0 Å². The van der Waals surface area contributed by atoms with Gasteiger partial charge in [-0.25, -0.2) is 17.2 Å². The maximum atomic E-state index is 14.3. The summed E-state index contributed by atoms with van der Waals surface area (Å²) in [7, 11) is -3.62. The highest BCUT2D eigenvalue weighted by molar-refractivity contribution is 7.90. The van der Waals surface area contributed by atoms with Crippen molar-refractivity contribution in [3.05, 3.63) is 59.2 Å². The van der Waals surface area contributed by atoms with Gasteiger partial charge in [0.1, 0.15) is 11.6 Å². The van der Waals surface area contributed by atoms with Crippen molar-refractivity contribution in [2.45, 2.75) is 11.1 Å². The molecule has 11 heteroatoms. The van der Waals surface area contributed by atoms with E-state index in [9.17, 15) is 35.2 Å². The van der Waals surface area contributed by atoms with Crippen LogP contribution < -0.4 is 4.90 Å². The summed E-state index contributed by atoms with van der Waals surface area (Å²) in [5, 5.41) is 0. The van der Waals surface area contributed by atoms with Gasteiger partial charge in [0.05, 0.1) is 21.7 Å². The van der Waals surface area contributed by atoms with Gasteiger partial charge in [0.15, 0.2) is 9.84 Å².